The highest BCUT2D eigenvalue weighted by Gasteiger charge is 2.50. The summed E-state index contributed by atoms with van der Waals surface area (Å²) in [6.45, 7) is 7.10. The molecule has 0 N–H and O–H groups in total. The minimum Gasteiger partial charge on any atom is -0.375 e. The molecule has 0 aromatic heterocycles. The van der Waals surface area contributed by atoms with Gasteiger partial charge in [0.25, 0.3) is 0 Å². The Kier molecular flexibility index (Phi) is 8.23. The zero-order valence-electron chi connectivity index (χ0n) is 19.6. The van der Waals surface area contributed by atoms with Gasteiger partial charge in [-0.1, -0.05) is 59.6 Å². The van der Waals surface area contributed by atoms with Crippen LogP contribution in [0, 0.1) is 5.92 Å². The molecule has 2 saturated heterocycles. The highest BCUT2D eigenvalue weighted by molar-refractivity contribution is 7.89. The van der Waals surface area contributed by atoms with E-state index in [4.69, 9.17) is 27.9 Å². The first-order valence-corrected chi connectivity index (χ1v) is 14.0. The summed E-state index contributed by atoms with van der Waals surface area (Å²) in [6.07, 6.45) is 3.64. The Bertz CT molecular complexity index is 1150. The molecule has 0 radical (unpaired) electrons. The van der Waals surface area contributed by atoms with Crippen LogP contribution in [0.1, 0.15) is 31.7 Å². The lowest BCUT2D eigenvalue weighted by molar-refractivity contribution is -0.138. The second-order valence-corrected chi connectivity index (χ2v) is 11.9. The van der Waals surface area contributed by atoms with Gasteiger partial charge in [-0.05, 0) is 49.9 Å². The van der Waals surface area contributed by atoms with Crippen molar-refractivity contribution in [3.05, 3.63) is 76.8 Å². The van der Waals surface area contributed by atoms with Gasteiger partial charge in [0.05, 0.1) is 24.2 Å². The molecule has 2 bridgehead atoms. The average Bonchev–Trinajstić information content (AvgIpc) is 2.90. The maximum absolute atomic E-state index is 13.8. The van der Waals surface area contributed by atoms with Gasteiger partial charge in [-0.2, -0.15) is 4.31 Å². The molecule has 0 saturated carbocycles. The first-order valence-electron chi connectivity index (χ1n) is 11.8. The molecule has 2 aliphatic heterocycles. The summed E-state index contributed by atoms with van der Waals surface area (Å²) in [5.41, 5.74) is 1.05. The fourth-order valence-electron chi connectivity index (χ4n) is 5.06. The third-order valence-corrected chi connectivity index (χ3v) is 9.15. The van der Waals surface area contributed by atoms with Crippen LogP contribution in [-0.4, -0.2) is 54.8 Å². The number of hydrogen-bond donors (Lipinski definition) is 0. The van der Waals surface area contributed by atoms with Crippen LogP contribution in [-0.2, 0) is 26.2 Å². The molecule has 0 spiro atoms. The summed E-state index contributed by atoms with van der Waals surface area (Å²) in [7, 11) is -4.03. The fourth-order valence-corrected chi connectivity index (χ4v) is 7.66. The van der Waals surface area contributed by atoms with Crippen LogP contribution in [0.15, 0.2) is 66.1 Å². The first kappa shape index (κ1) is 26.2. The molecule has 2 aromatic carbocycles. The quantitative estimate of drug-likeness (QED) is 0.437. The van der Waals surface area contributed by atoms with E-state index in [2.05, 4.69) is 6.58 Å². The van der Waals surface area contributed by atoms with E-state index in [-0.39, 0.29) is 38.8 Å². The van der Waals surface area contributed by atoms with Crippen LogP contribution in [0.4, 0.5) is 0 Å². The SMILES string of the molecule is C=C[C@H]1CN(C(C)COCc2ccccc2)C(=O)C2CCC[C@@H]1N2S(=O)(=O)c1cc(Cl)cc(Cl)c1. The lowest BCUT2D eigenvalue weighted by Gasteiger charge is -2.40. The third-order valence-electron chi connectivity index (χ3n) is 6.80. The van der Waals surface area contributed by atoms with E-state index in [0.717, 1.165) is 12.0 Å². The molecule has 188 valence electrons. The largest absolute Gasteiger partial charge is 0.375 e. The van der Waals surface area contributed by atoms with E-state index in [1.165, 1.54) is 22.5 Å². The summed E-state index contributed by atoms with van der Waals surface area (Å²) in [6, 6.07) is 12.7. The molecular formula is C26H30Cl2N2O4S. The number of amides is 1. The van der Waals surface area contributed by atoms with E-state index < -0.39 is 16.1 Å². The van der Waals surface area contributed by atoms with Crippen molar-refractivity contribution in [2.24, 2.45) is 5.92 Å². The van der Waals surface area contributed by atoms with Gasteiger partial charge < -0.3 is 9.64 Å². The Morgan fingerprint density at radius 2 is 1.83 bits per heavy atom. The number of fused-ring (bicyclic) bond motifs is 2. The van der Waals surface area contributed by atoms with Gasteiger partial charge in [-0.15, -0.1) is 6.58 Å². The molecule has 9 heteroatoms. The Balaban J connectivity index is 1.61. The van der Waals surface area contributed by atoms with Crippen LogP contribution in [0.5, 0.6) is 0 Å². The van der Waals surface area contributed by atoms with Crippen molar-refractivity contribution in [1.29, 1.82) is 0 Å². The number of hydrogen-bond acceptors (Lipinski definition) is 4. The fraction of sp³-hybridized carbons (Fsp3) is 0.423. The van der Waals surface area contributed by atoms with E-state index in [1.807, 2.05) is 37.3 Å². The van der Waals surface area contributed by atoms with E-state index in [1.54, 1.807) is 11.0 Å². The maximum Gasteiger partial charge on any atom is 0.244 e. The third kappa shape index (κ3) is 5.59. The van der Waals surface area contributed by atoms with Crippen molar-refractivity contribution in [2.45, 2.75) is 55.8 Å². The maximum atomic E-state index is 13.8. The molecule has 2 fully saturated rings. The van der Waals surface area contributed by atoms with Gasteiger partial charge in [0, 0.05) is 28.5 Å². The zero-order chi connectivity index (χ0) is 25.2. The molecule has 6 nitrogen and oxygen atoms in total. The number of nitrogens with zero attached hydrogens (tertiary/aromatic N) is 2. The summed E-state index contributed by atoms with van der Waals surface area (Å²) in [5, 5.41) is 0.460. The minimum absolute atomic E-state index is 0.00444. The highest BCUT2D eigenvalue weighted by Crippen LogP contribution is 2.38. The molecule has 2 aromatic rings. The molecular weight excluding hydrogens is 507 g/mol. The molecule has 2 heterocycles. The van der Waals surface area contributed by atoms with Crippen LogP contribution >= 0.6 is 23.2 Å². The standard InChI is InChI=1S/C26H30Cl2N2O4S/c1-3-20-15-29(18(2)16-34-17-19-8-5-4-6-9-19)26(31)25-11-7-10-24(20)30(25)35(32,33)23-13-21(27)12-22(28)14-23/h3-6,8-9,12-14,18,20,24-25H,1,7,10-11,15-17H2,2H3/t18?,20-,24-,25?/m0/s1. The monoisotopic (exact) mass is 536 g/mol. The summed E-state index contributed by atoms with van der Waals surface area (Å²) in [4.78, 5) is 15.6. The van der Waals surface area contributed by atoms with Crippen molar-refractivity contribution >= 4 is 39.1 Å². The Morgan fingerprint density at radius 3 is 2.49 bits per heavy atom. The van der Waals surface area contributed by atoms with E-state index in [9.17, 15) is 13.2 Å². The summed E-state index contributed by atoms with van der Waals surface area (Å²) >= 11 is 12.2. The molecule has 4 atom stereocenters. The van der Waals surface area contributed by atoms with Crippen molar-refractivity contribution in [3.63, 3.8) is 0 Å². The smallest absolute Gasteiger partial charge is 0.244 e. The van der Waals surface area contributed by atoms with Crippen molar-refractivity contribution < 1.29 is 17.9 Å². The van der Waals surface area contributed by atoms with Gasteiger partial charge in [-0.25, -0.2) is 8.42 Å². The molecule has 4 rings (SSSR count). The lowest BCUT2D eigenvalue weighted by Crippen LogP contribution is -2.55. The van der Waals surface area contributed by atoms with E-state index >= 15 is 0 Å². The highest BCUT2D eigenvalue weighted by atomic mass is 35.5. The Morgan fingerprint density at radius 1 is 1.14 bits per heavy atom. The predicted molar refractivity (Wildman–Crippen MR) is 138 cm³/mol. The summed E-state index contributed by atoms with van der Waals surface area (Å²) in [5.74, 6) is -0.420. The number of rotatable bonds is 8. The van der Waals surface area contributed by atoms with Crippen LogP contribution in [0.3, 0.4) is 0 Å². The Hall–Kier alpha value is -1.90. The van der Waals surface area contributed by atoms with Gasteiger partial charge in [0.15, 0.2) is 0 Å². The predicted octanol–water partition coefficient (Wildman–Crippen LogP) is 5.15. The number of ether oxygens (including phenoxy) is 1. The number of piperidine rings is 1. The number of carbonyl (C=O) groups is 1. The van der Waals surface area contributed by atoms with Gasteiger partial charge in [-0.3, -0.25) is 4.79 Å². The second-order valence-electron chi connectivity index (χ2n) is 9.19. The second kappa shape index (κ2) is 11.0. The number of carbonyl (C=O) groups excluding carboxylic acids is 1. The van der Waals surface area contributed by atoms with Crippen molar-refractivity contribution in [1.82, 2.24) is 9.21 Å². The molecule has 1 amide bonds. The number of sulfonamides is 1. The van der Waals surface area contributed by atoms with Gasteiger partial charge >= 0.3 is 0 Å². The van der Waals surface area contributed by atoms with Gasteiger partial charge in [0.2, 0.25) is 15.9 Å². The van der Waals surface area contributed by atoms with Crippen LogP contribution in [0.25, 0.3) is 0 Å². The van der Waals surface area contributed by atoms with Crippen molar-refractivity contribution in [3.8, 4) is 0 Å². The Labute approximate surface area is 217 Å². The molecule has 2 aliphatic rings. The molecule has 2 unspecified atom stereocenters. The minimum atomic E-state index is -4.03. The van der Waals surface area contributed by atoms with Gasteiger partial charge in [0.1, 0.15) is 6.04 Å². The average molecular weight is 538 g/mol. The molecule has 0 aliphatic carbocycles. The van der Waals surface area contributed by atoms with E-state index in [0.29, 0.717) is 32.6 Å². The van der Waals surface area contributed by atoms with Crippen LogP contribution in [0.2, 0.25) is 10.0 Å². The zero-order valence-corrected chi connectivity index (χ0v) is 22.0. The molecule has 35 heavy (non-hydrogen) atoms. The topological polar surface area (TPSA) is 66.9 Å². The number of benzene rings is 2. The normalized spacial score (nSPS) is 24.1. The summed E-state index contributed by atoms with van der Waals surface area (Å²) < 4.78 is 35.0. The lowest BCUT2D eigenvalue weighted by atomic mass is 9.90. The van der Waals surface area contributed by atoms with Crippen LogP contribution < -0.4 is 0 Å². The number of halogens is 2. The van der Waals surface area contributed by atoms with Crippen molar-refractivity contribution in [2.75, 3.05) is 13.2 Å². The first-order chi connectivity index (χ1) is 16.7.